The average Bonchev–Trinajstić information content (AvgIpc) is 2.84. The van der Waals surface area contributed by atoms with Gasteiger partial charge in [0.2, 0.25) is 5.91 Å². The van der Waals surface area contributed by atoms with Gasteiger partial charge in [0.05, 0.1) is 10.7 Å². The standard InChI is InChI=1S/C15H18N2OS/c1-3-4-5-15(18)17-13-8-6-12(7-9-13)14-10-19-11(2)16-14/h6-10H,3-5H2,1-2H3,(H,17,18). The van der Waals surface area contributed by atoms with E-state index >= 15 is 0 Å². The van der Waals surface area contributed by atoms with Crippen LogP contribution in [0, 0.1) is 6.92 Å². The van der Waals surface area contributed by atoms with Gasteiger partial charge in [0.25, 0.3) is 0 Å². The van der Waals surface area contributed by atoms with Gasteiger partial charge in [-0.3, -0.25) is 4.79 Å². The molecule has 0 spiro atoms. The Morgan fingerprint density at radius 2 is 2.05 bits per heavy atom. The third kappa shape index (κ3) is 3.89. The van der Waals surface area contributed by atoms with Gasteiger partial charge >= 0.3 is 0 Å². The van der Waals surface area contributed by atoms with Crippen LogP contribution in [0.3, 0.4) is 0 Å². The van der Waals surface area contributed by atoms with Gasteiger partial charge < -0.3 is 5.32 Å². The number of carbonyl (C=O) groups excluding carboxylic acids is 1. The molecule has 1 N–H and O–H groups in total. The Labute approximate surface area is 117 Å². The number of thiazole rings is 1. The maximum absolute atomic E-state index is 11.6. The van der Waals surface area contributed by atoms with Crippen LogP contribution in [-0.4, -0.2) is 10.9 Å². The Balaban J connectivity index is 2.00. The molecule has 0 saturated carbocycles. The summed E-state index contributed by atoms with van der Waals surface area (Å²) in [6.07, 6.45) is 2.56. The molecule has 4 heteroatoms. The van der Waals surface area contributed by atoms with Crippen LogP contribution in [-0.2, 0) is 4.79 Å². The molecule has 1 amide bonds. The van der Waals surface area contributed by atoms with Crippen molar-refractivity contribution >= 4 is 22.9 Å². The highest BCUT2D eigenvalue weighted by Crippen LogP contribution is 2.23. The first-order valence-electron chi connectivity index (χ1n) is 6.51. The van der Waals surface area contributed by atoms with Crippen LogP contribution in [0.1, 0.15) is 31.2 Å². The van der Waals surface area contributed by atoms with Crippen LogP contribution >= 0.6 is 11.3 Å². The molecule has 0 aliphatic heterocycles. The quantitative estimate of drug-likeness (QED) is 0.885. The number of aromatic nitrogens is 1. The molecule has 100 valence electrons. The summed E-state index contributed by atoms with van der Waals surface area (Å²) in [6, 6.07) is 7.83. The lowest BCUT2D eigenvalue weighted by Crippen LogP contribution is -2.10. The van der Waals surface area contributed by atoms with Crippen LogP contribution in [0.4, 0.5) is 5.69 Å². The molecule has 0 atom stereocenters. The maximum atomic E-state index is 11.6. The van der Waals surface area contributed by atoms with Crippen molar-refractivity contribution in [2.75, 3.05) is 5.32 Å². The van der Waals surface area contributed by atoms with Crippen LogP contribution in [0.15, 0.2) is 29.6 Å². The molecule has 19 heavy (non-hydrogen) atoms. The molecule has 0 aliphatic carbocycles. The lowest BCUT2D eigenvalue weighted by atomic mass is 10.1. The fourth-order valence-electron chi connectivity index (χ4n) is 1.78. The third-order valence-corrected chi connectivity index (χ3v) is 3.61. The number of anilines is 1. The smallest absolute Gasteiger partial charge is 0.224 e. The van der Waals surface area contributed by atoms with E-state index in [2.05, 4.69) is 17.2 Å². The minimum atomic E-state index is 0.0825. The zero-order chi connectivity index (χ0) is 13.7. The number of nitrogens with zero attached hydrogens (tertiary/aromatic N) is 1. The second-order valence-corrected chi connectivity index (χ2v) is 5.54. The number of unbranched alkanes of at least 4 members (excludes halogenated alkanes) is 1. The molecule has 0 aliphatic rings. The molecular formula is C15H18N2OS. The summed E-state index contributed by atoms with van der Waals surface area (Å²) in [5.74, 6) is 0.0825. The molecule has 1 aromatic carbocycles. The Bertz CT molecular complexity index is 546. The maximum Gasteiger partial charge on any atom is 0.224 e. The van der Waals surface area contributed by atoms with E-state index in [4.69, 9.17) is 0 Å². The highest BCUT2D eigenvalue weighted by Gasteiger charge is 2.04. The van der Waals surface area contributed by atoms with E-state index < -0.39 is 0 Å². The number of carbonyl (C=O) groups is 1. The van der Waals surface area contributed by atoms with Crippen molar-refractivity contribution < 1.29 is 4.79 Å². The van der Waals surface area contributed by atoms with Gasteiger partial charge in [-0.15, -0.1) is 11.3 Å². The minimum absolute atomic E-state index is 0.0825. The van der Waals surface area contributed by atoms with E-state index in [-0.39, 0.29) is 5.91 Å². The summed E-state index contributed by atoms with van der Waals surface area (Å²) in [5.41, 5.74) is 2.92. The summed E-state index contributed by atoms with van der Waals surface area (Å²) >= 11 is 1.64. The largest absolute Gasteiger partial charge is 0.326 e. The van der Waals surface area contributed by atoms with Crippen LogP contribution in [0.5, 0.6) is 0 Å². The van der Waals surface area contributed by atoms with Crippen LogP contribution in [0.2, 0.25) is 0 Å². The number of nitrogens with one attached hydrogen (secondary N) is 1. The van der Waals surface area contributed by atoms with E-state index in [1.165, 1.54) is 0 Å². The molecule has 0 saturated heterocycles. The van der Waals surface area contributed by atoms with Gasteiger partial charge in [-0.25, -0.2) is 4.98 Å². The number of benzene rings is 1. The molecule has 0 radical (unpaired) electrons. The summed E-state index contributed by atoms with van der Waals surface area (Å²) in [5, 5.41) is 6.01. The van der Waals surface area contributed by atoms with Crippen molar-refractivity contribution in [3.8, 4) is 11.3 Å². The third-order valence-electron chi connectivity index (χ3n) is 2.84. The summed E-state index contributed by atoms with van der Waals surface area (Å²) in [7, 11) is 0. The van der Waals surface area contributed by atoms with Crippen molar-refractivity contribution in [1.29, 1.82) is 0 Å². The van der Waals surface area contributed by atoms with E-state index in [0.717, 1.165) is 34.8 Å². The van der Waals surface area contributed by atoms with E-state index in [1.807, 2.05) is 36.6 Å². The van der Waals surface area contributed by atoms with Gasteiger partial charge in [0, 0.05) is 23.1 Å². The molecule has 0 bridgehead atoms. The van der Waals surface area contributed by atoms with Crippen molar-refractivity contribution in [3.05, 3.63) is 34.7 Å². The normalized spacial score (nSPS) is 10.4. The molecule has 2 rings (SSSR count). The van der Waals surface area contributed by atoms with E-state index in [9.17, 15) is 4.79 Å². The average molecular weight is 274 g/mol. The summed E-state index contributed by atoms with van der Waals surface area (Å²) in [6.45, 7) is 4.08. The molecule has 2 aromatic rings. The van der Waals surface area contributed by atoms with Crippen molar-refractivity contribution in [2.24, 2.45) is 0 Å². The highest BCUT2D eigenvalue weighted by molar-refractivity contribution is 7.09. The molecule has 1 aromatic heterocycles. The Morgan fingerprint density at radius 3 is 2.63 bits per heavy atom. The van der Waals surface area contributed by atoms with Crippen molar-refractivity contribution in [1.82, 2.24) is 4.98 Å². The minimum Gasteiger partial charge on any atom is -0.326 e. The fourth-order valence-corrected chi connectivity index (χ4v) is 2.40. The lowest BCUT2D eigenvalue weighted by molar-refractivity contribution is -0.116. The van der Waals surface area contributed by atoms with Gasteiger partial charge in [-0.2, -0.15) is 0 Å². The molecule has 1 heterocycles. The number of hydrogen-bond donors (Lipinski definition) is 1. The van der Waals surface area contributed by atoms with Crippen LogP contribution in [0.25, 0.3) is 11.3 Å². The molecule has 0 unspecified atom stereocenters. The van der Waals surface area contributed by atoms with E-state index in [1.54, 1.807) is 11.3 Å². The van der Waals surface area contributed by atoms with Crippen LogP contribution < -0.4 is 5.32 Å². The van der Waals surface area contributed by atoms with Gasteiger partial charge in [-0.1, -0.05) is 25.5 Å². The number of aryl methyl sites for hydroxylation is 1. The van der Waals surface area contributed by atoms with Gasteiger partial charge in [-0.05, 0) is 25.5 Å². The number of amides is 1. The predicted octanol–water partition coefficient (Wildman–Crippen LogP) is 4.25. The Hall–Kier alpha value is -1.68. The first-order valence-corrected chi connectivity index (χ1v) is 7.39. The zero-order valence-electron chi connectivity index (χ0n) is 11.3. The Kier molecular flexibility index (Phi) is 4.68. The number of rotatable bonds is 5. The van der Waals surface area contributed by atoms with E-state index in [0.29, 0.717) is 6.42 Å². The monoisotopic (exact) mass is 274 g/mol. The van der Waals surface area contributed by atoms with Crippen molar-refractivity contribution in [2.45, 2.75) is 33.1 Å². The number of hydrogen-bond acceptors (Lipinski definition) is 3. The Morgan fingerprint density at radius 1 is 1.32 bits per heavy atom. The summed E-state index contributed by atoms with van der Waals surface area (Å²) < 4.78 is 0. The zero-order valence-corrected chi connectivity index (χ0v) is 12.1. The topological polar surface area (TPSA) is 42.0 Å². The first-order chi connectivity index (χ1) is 9.19. The fraction of sp³-hybridized carbons (Fsp3) is 0.333. The molecular weight excluding hydrogens is 256 g/mol. The van der Waals surface area contributed by atoms with Crippen molar-refractivity contribution in [3.63, 3.8) is 0 Å². The first kappa shape index (κ1) is 13.7. The summed E-state index contributed by atoms with van der Waals surface area (Å²) in [4.78, 5) is 16.1. The molecule has 3 nitrogen and oxygen atoms in total. The lowest BCUT2D eigenvalue weighted by Gasteiger charge is -2.05. The second-order valence-electron chi connectivity index (χ2n) is 4.48. The highest BCUT2D eigenvalue weighted by atomic mass is 32.1. The SMILES string of the molecule is CCCCC(=O)Nc1ccc(-c2csc(C)n2)cc1. The van der Waals surface area contributed by atoms with Gasteiger partial charge in [0.15, 0.2) is 0 Å². The second kappa shape index (κ2) is 6.48. The van der Waals surface area contributed by atoms with Gasteiger partial charge in [0.1, 0.15) is 0 Å². The predicted molar refractivity (Wildman–Crippen MR) is 80.4 cm³/mol. The molecule has 0 fully saturated rings.